The Balaban J connectivity index is 1.25. The highest BCUT2D eigenvalue weighted by atomic mass is 16.8. The fraction of sp³-hybridized carbons (Fsp3) is 0.857. The van der Waals surface area contributed by atoms with Gasteiger partial charge in [0.15, 0.2) is 11.4 Å². The standard InChI is InChI=1S/C28H32O11/c1-11-9-26(37-20(11)31)17-12(2)19(30)22(3)5-6-24-10-25-13(23(4,33)34-14(25)8-16(29)36-25)7-15-27(24,35-15)21(32)28(38-24,39-26)18(17)22/h11-15,17-18,33H,5-10H2,1-4H3/t11-,12-,13-,14+,15-,17-,18-,22-,23?,24-,25+,26-,27+,28+/m0/s1. The molecule has 14 atom stereocenters. The van der Waals surface area contributed by atoms with Crippen LogP contribution in [0, 0.1) is 35.0 Å². The predicted molar refractivity (Wildman–Crippen MR) is 123 cm³/mol. The minimum Gasteiger partial charge on any atom is -0.456 e. The summed E-state index contributed by atoms with van der Waals surface area (Å²) in [5.41, 5.74) is -4.82. The van der Waals surface area contributed by atoms with E-state index in [9.17, 15) is 24.3 Å². The van der Waals surface area contributed by atoms with E-state index in [2.05, 4.69) is 0 Å². The molecule has 7 saturated heterocycles. The van der Waals surface area contributed by atoms with Gasteiger partial charge >= 0.3 is 11.9 Å². The predicted octanol–water partition coefficient (Wildman–Crippen LogP) is 0.922. The fourth-order valence-corrected chi connectivity index (χ4v) is 10.9. The number of ether oxygens (including phenoxy) is 6. The molecule has 11 heteroatoms. The number of rotatable bonds is 0. The Morgan fingerprint density at radius 3 is 2.44 bits per heavy atom. The van der Waals surface area contributed by atoms with Crippen molar-refractivity contribution in [3.05, 3.63) is 0 Å². The van der Waals surface area contributed by atoms with Gasteiger partial charge in [0, 0.05) is 36.0 Å². The number of hydrogen-bond donors (Lipinski definition) is 1. The van der Waals surface area contributed by atoms with Gasteiger partial charge < -0.3 is 28.8 Å². The zero-order valence-corrected chi connectivity index (χ0v) is 22.3. The summed E-state index contributed by atoms with van der Waals surface area (Å²) in [6, 6.07) is 0. The van der Waals surface area contributed by atoms with Crippen LogP contribution in [-0.2, 0) is 47.6 Å². The summed E-state index contributed by atoms with van der Waals surface area (Å²) in [4.78, 5) is 54.2. The van der Waals surface area contributed by atoms with Gasteiger partial charge in [-0.2, -0.15) is 0 Å². The van der Waals surface area contributed by atoms with Gasteiger partial charge in [0.2, 0.25) is 17.4 Å². The molecule has 210 valence electrons. The van der Waals surface area contributed by atoms with Crippen molar-refractivity contribution in [3.63, 3.8) is 0 Å². The SMILES string of the molecule is C[C@@H]1C(=O)[C@@]2(C)CC[C@]34C[C@]56OC(=O)C[C@H]5OC(C)(O)[C@@H]6C[C@@H]5O[C@@]53C(=O)[C@@]3(O[C@@]5(C[C@H](C)C(=O)O5)[C@@H]1[C@H]32)O4. The number of carbonyl (C=O) groups is 4. The highest BCUT2D eigenvalue weighted by Crippen LogP contribution is 2.78. The zero-order valence-electron chi connectivity index (χ0n) is 22.3. The maximum Gasteiger partial charge on any atom is 0.311 e. The molecule has 0 amide bonds. The first-order valence-corrected chi connectivity index (χ1v) is 14.2. The molecular weight excluding hydrogens is 512 g/mol. The van der Waals surface area contributed by atoms with Gasteiger partial charge in [0.25, 0.3) is 0 Å². The highest BCUT2D eigenvalue weighted by molar-refractivity contribution is 6.03. The van der Waals surface area contributed by atoms with Crippen molar-refractivity contribution in [2.24, 2.45) is 35.0 Å². The van der Waals surface area contributed by atoms with E-state index in [1.165, 1.54) is 0 Å². The number of esters is 2. The van der Waals surface area contributed by atoms with Crippen LogP contribution in [0.2, 0.25) is 0 Å². The Hall–Kier alpha value is -1.92. The lowest BCUT2D eigenvalue weighted by molar-refractivity contribution is -0.313. The Morgan fingerprint density at radius 1 is 0.949 bits per heavy atom. The molecular formula is C28H32O11. The number of ketones is 2. The Morgan fingerprint density at radius 2 is 1.72 bits per heavy atom. The summed E-state index contributed by atoms with van der Waals surface area (Å²) >= 11 is 0. The van der Waals surface area contributed by atoms with Crippen molar-refractivity contribution in [2.75, 3.05) is 0 Å². The third-order valence-electron chi connectivity index (χ3n) is 12.3. The van der Waals surface area contributed by atoms with E-state index in [0.29, 0.717) is 12.8 Å². The fourth-order valence-electron chi connectivity index (χ4n) is 10.9. The van der Waals surface area contributed by atoms with Crippen LogP contribution in [0.15, 0.2) is 0 Å². The first kappa shape index (κ1) is 23.8. The van der Waals surface area contributed by atoms with Gasteiger partial charge in [-0.15, -0.1) is 0 Å². The molecule has 1 N–H and O–H groups in total. The van der Waals surface area contributed by atoms with Crippen molar-refractivity contribution in [1.29, 1.82) is 0 Å². The van der Waals surface area contributed by atoms with E-state index in [1.54, 1.807) is 13.8 Å². The van der Waals surface area contributed by atoms with Gasteiger partial charge in [-0.05, 0) is 26.2 Å². The molecule has 0 aromatic heterocycles. The molecule has 7 aliphatic heterocycles. The summed E-state index contributed by atoms with van der Waals surface area (Å²) in [5.74, 6) is -8.88. The number of Topliss-reactive ketones (excluding diaryl/α,β-unsaturated/α-hetero) is 2. The second-order valence-electron chi connectivity index (χ2n) is 14.2. The van der Waals surface area contributed by atoms with Gasteiger partial charge in [-0.25, -0.2) is 0 Å². The molecule has 2 bridgehead atoms. The van der Waals surface area contributed by atoms with Crippen LogP contribution < -0.4 is 0 Å². The average molecular weight is 545 g/mol. The first-order chi connectivity index (χ1) is 18.2. The second kappa shape index (κ2) is 6.13. The van der Waals surface area contributed by atoms with E-state index >= 15 is 0 Å². The molecule has 9 rings (SSSR count). The smallest absolute Gasteiger partial charge is 0.311 e. The van der Waals surface area contributed by atoms with Crippen LogP contribution in [-0.4, -0.2) is 75.0 Å². The number of fused-ring (bicyclic) bond motifs is 1. The van der Waals surface area contributed by atoms with Gasteiger partial charge in [-0.1, -0.05) is 20.8 Å². The maximum atomic E-state index is 14.9. The molecule has 1 unspecified atom stereocenters. The lowest BCUT2D eigenvalue weighted by Gasteiger charge is -2.41. The van der Waals surface area contributed by atoms with E-state index in [0.717, 1.165) is 0 Å². The second-order valence-corrected chi connectivity index (χ2v) is 14.2. The van der Waals surface area contributed by atoms with Crippen molar-refractivity contribution in [1.82, 2.24) is 0 Å². The molecule has 9 aliphatic rings. The van der Waals surface area contributed by atoms with Gasteiger partial charge in [-0.3, -0.25) is 23.9 Å². The number of hydrogen-bond acceptors (Lipinski definition) is 11. The van der Waals surface area contributed by atoms with Crippen LogP contribution in [0.1, 0.15) is 66.2 Å². The lowest BCUT2D eigenvalue weighted by Crippen LogP contribution is -2.55. The number of epoxide rings is 1. The molecule has 2 aliphatic carbocycles. The van der Waals surface area contributed by atoms with Crippen LogP contribution in [0.4, 0.5) is 0 Å². The van der Waals surface area contributed by atoms with Crippen molar-refractivity contribution >= 4 is 23.5 Å². The molecule has 0 aromatic rings. The normalized spacial score (nSPS) is 65.1. The van der Waals surface area contributed by atoms with Crippen LogP contribution in [0.25, 0.3) is 0 Å². The molecule has 0 aromatic carbocycles. The van der Waals surface area contributed by atoms with Gasteiger partial charge in [0.05, 0.1) is 24.4 Å². The molecule has 9 fully saturated rings. The van der Waals surface area contributed by atoms with Crippen molar-refractivity contribution < 1.29 is 52.7 Å². The third kappa shape index (κ3) is 2.17. The Bertz CT molecular complexity index is 1330. The highest BCUT2D eigenvalue weighted by Gasteiger charge is 2.94. The van der Waals surface area contributed by atoms with E-state index in [-0.39, 0.29) is 37.2 Å². The minimum absolute atomic E-state index is 0.00773. The van der Waals surface area contributed by atoms with Crippen molar-refractivity contribution in [3.8, 4) is 0 Å². The lowest BCUT2D eigenvalue weighted by atomic mass is 9.62. The molecule has 39 heavy (non-hydrogen) atoms. The van der Waals surface area contributed by atoms with E-state index < -0.39 is 93.3 Å². The zero-order chi connectivity index (χ0) is 27.3. The van der Waals surface area contributed by atoms with E-state index in [4.69, 9.17) is 28.4 Å². The summed E-state index contributed by atoms with van der Waals surface area (Å²) in [5, 5.41) is 11.3. The third-order valence-corrected chi connectivity index (χ3v) is 12.3. The number of carbonyl (C=O) groups excluding carboxylic acids is 4. The van der Waals surface area contributed by atoms with Gasteiger partial charge in [0.1, 0.15) is 23.1 Å². The van der Waals surface area contributed by atoms with Crippen LogP contribution >= 0.6 is 0 Å². The van der Waals surface area contributed by atoms with Crippen LogP contribution in [0.5, 0.6) is 0 Å². The molecule has 5 spiro atoms. The quantitative estimate of drug-likeness (QED) is 0.343. The molecule has 0 radical (unpaired) electrons. The Kier molecular flexibility index (Phi) is 3.74. The Labute approximate surface area is 224 Å². The van der Waals surface area contributed by atoms with Crippen molar-refractivity contribution in [2.45, 2.75) is 113 Å². The minimum atomic E-state index is -1.85. The average Bonchev–Trinajstić information content (AvgIpc) is 3.08. The number of aliphatic hydroxyl groups is 1. The molecule has 7 heterocycles. The van der Waals surface area contributed by atoms with Crippen LogP contribution in [0.3, 0.4) is 0 Å². The topological polar surface area (TPSA) is 147 Å². The first-order valence-electron chi connectivity index (χ1n) is 14.2. The molecule has 11 nitrogen and oxygen atoms in total. The largest absolute Gasteiger partial charge is 0.456 e. The summed E-state index contributed by atoms with van der Waals surface area (Å²) in [6.07, 6.45) is -0.0644. The summed E-state index contributed by atoms with van der Waals surface area (Å²) < 4.78 is 38.0. The summed E-state index contributed by atoms with van der Waals surface area (Å²) in [7, 11) is 0. The molecule has 2 saturated carbocycles. The monoisotopic (exact) mass is 544 g/mol. The summed E-state index contributed by atoms with van der Waals surface area (Å²) in [6.45, 7) is 7.03. The maximum absolute atomic E-state index is 14.9. The van der Waals surface area contributed by atoms with E-state index in [1.807, 2.05) is 13.8 Å².